The number of aryl methyl sites for hydroxylation is 2. The molecular weight excluding hydrogens is 288 g/mol. The summed E-state index contributed by atoms with van der Waals surface area (Å²) >= 11 is 0. The van der Waals surface area contributed by atoms with E-state index in [0.29, 0.717) is 17.2 Å². The van der Waals surface area contributed by atoms with Crippen molar-refractivity contribution in [3.05, 3.63) is 20.8 Å². The van der Waals surface area contributed by atoms with Crippen LogP contribution in [0.3, 0.4) is 0 Å². The number of hydrogen-bond donors (Lipinski definition) is 1. The Morgan fingerprint density at radius 2 is 1.77 bits per heavy atom. The Morgan fingerprint density at radius 3 is 2.36 bits per heavy atom. The molecule has 9 heteroatoms. The Hall–Kier alpha value is -2.71. The summed E-state index contributed by atoms with van der Waals surface area (Å²) in [7, 11) is 4.61. The average molecular weight is 306 g/mol. The summed E-state index contributed by atoms with van der Waals surface area (Å²) in [6.07, 6.45) is 0.233. The first-order chi connectivity index (χ1) is 10.2. The van der Waals surface area contributed by atoms with Crippen molar-refractivity contribution < 1.29 is 4.79 Å². The van der Waals surface area contributed by atoms with Gasteiger partial charge in [0, 0.05) is 33.3 Å². The van der Waals surface area contributed by atoms with Crippen LogP contribution in [0.25, 0.3) is 11.2 Å². The minimum atomic E-state index is -0.446. The molecule has 0 aliphatic carbocycles. The number of hydrogen-bond acceptors (Lipinski definition) is 6. The van der Waals surface area contributed by atoms with E-state index in [4.69, 9.17) is 0 Å². The van der Waals surface area contributed by atoms with E-state index in [1.807, 2.05) is 0 Å². The van der Waals surface area contributed by atoms with Crippen LogP contribution in [0.5, 0.6) is 0 Å². The van der Waals surface area contributed by atoms with Gasteiger partial charge in [0.2, 0.25) is 5.95 Å². The molecule has 2 rings (SSSR count). The maximum absolute atomic E-state index is 12.2. The summed E-state index contributed by atoms with van der Waals surface area (Å²) in [5.41, 5.74) is 3.03. The van der Waals surface area contributed by atoms with E-state index in [-0.39, 0.29) is 17.9 Å². The highest BCUT2D eigenvalue weighted by molar-refractivity contribution is 5.99. The van der Waals surface area contributed by atoms with E-state index >= 15 is 0 Å². The summed E-state index contributed by atoms with van der Waals surface area (Å²) in [6, 6.07) is 0. The van der Waals surface area contributed by atoms with Gasteiger partial charge in [0.05, 0.1) is 0 Å². The van der Waals surface area contributed by atoms with Crippen molar-refractivity contribution >= 4 is 28.6 Å². The van der Waals surface area contributed by atoms with Crippen LogP contribution < -0.4 is 16.7 Å². The quantitative estimate of drug-likeness (QED) is 0.619. The molecule has 9 nitrogen and oxygen atoms in total. The Kier molecular flexibility index (Phi) is 3.98. The Labute approximate surface area is 125 Å². The van der Waals surface area contributed by atoms with Crippen LogP contribution in [-0.4, -0.2) is 30.2 Å². The summed E-state index contributed by atoms with van der Waals surface area (Å²) in [5.74, 6) is 0.320. The van der Waals surface area contributed by atoms with Crippen molar-refractivity contribution in [3.8, 4) is 0 Å². The van der Waals surface area contributed by atoms with Gasteiger partial charge in [-0.05, 0) is 13.8 Å². The van der Waals surface area contributed by atoms with Crippen LogP contribution in [0.2, 0.25) is 0 Å². The highest BCUT2D eigenvalue weighted by atomic mass is 16.2. The van der Waals surface area contributed by atoms with E-state index in [1.165, 1.54) is 23.1 Å². The lowest BCUT2D eigenvalue weighted by molar-refractivity contribution is -0.115. The van der Waals surface area contributed by atoms with Crippen LogP contribution in [0, 0.1) is 0 Å². The maximum atomic E-state index is 12.2. The van der Waals surface area contributed by atoms with Gasteiger partial charge < -0.3 is 4.57 Å². The molecule has 1 N–H and O–H groups in total. The first-order valence-electron chi connectivity index (χ1n) is 6.65. The highest BCUT2D eigenvalue weighted by Crippen LogP contribution is 2.13. The number of anilines is 1. The number of imidazole rings is 1. The predicted molar refractivity (Wildman–Crippen MR) is 83.2 cm³/mol. The van der Waals surface area contributed by atoms with Crippen molar-refractivity contribution in [3.63, 3.8) is 0 Å². The summed E-state index contributed by atoms with van der Waals surface area (Å²) in [4.78, 5) is 39.4. The van der Waals surface area contributed by atoms with E-state index in [9.17, 15) is 14.4 Å². The van der Waals surface area contributed by atoms with E-state index < -0.39 is 11.2 Å². The van der Waals surface area contributed by atoms with E-state index in [0.717, 1.165) is 4.57 Å². The maximum Gasteiger partial charge on any atom is 0.332 e. The third kappa shape index (κ3) is 2.57. The Morgan fingerprint density at radius 1 is 1.14 bits per heavy atom. The van der Waals surface area contributed by atoms with Crippen LogP contribution in [0.15, 0.2) is 14.7 Å². The summed E-state index contributed by atoms with van der Waals surface area (Å²) in [6.45, 7) is 3.19. The largest absolute Gasteiger partial charge is 0.332 e. The first-order valence-corrected chi connectivity index (χ1v) is 6.65. The van der Waals surface area contributed by atoms with Crippen molar-refractivity contribution in [1.29, 1.82) is 0 Å². The lowest BCUT2D eigenvalue weighted by Crippen LogP contribution is -2.37. The monoisotopic (exact) mass is 306 g/mol. The van der Waals surface area contributed by atoms with Gasteiger partial charge >= 0.3 is 5.69 Å². The molecule has 0 aliphatic rings. The molecule has 118 valence electrons. The molecule has 0 radical (unpaired) electrons. The summed E-state index contributed by atoms with van der Waals surface area (Å²) in [5, 5.41) is 4.06. The number of carbonyl (C=O) groups excluding carboxylic acids is 1. The molecule has 0 saturated carbocycles. The van der Waals surface area contributed by atoms with Crippen LogP contribution in [0.4, 0.5) is 5.95 Å². The molecule has 0 aromatic carbocycles. The fourth-order valence-electron chi connectivity index (χ4n) is 2.16. The first kappa shape index (κ1) is 15.7. The molecule has 2 aromatic heterocycles. The molecule has 0 spiro atoms. The van der Waals surface area contributed by atoms with Crippen molar-refractivity contribution in [2.45, 2.75) is 20.3 Å². The molecule has 0 bridgehead atoms. The molecule has 0 fully saturated rings. The number of hydrazone groups is 1. The third-order valence-electron chi connectivity index (χ3n) is 3.33. The van der Waals surface area contributed by atoms with E-state index in [1.54, 1.807) is 21.0 Å². The van der Waals surface area contributed by atoms with Gasteiger partial charge in [0.1, 0.15) is 5.78 Å². The zero-order chi connectivity index (χ0) is 16.6. The zero-order valence-electron chi connectivity index (χ0n) is 13.2. The minimum absolute atomic E-state index is 0.00400. The number of fused-ring (bicyclic) bond motifs is 1. The lowest BCUT2D eigenvalue weighted by atomic mass is 10.2. The predicted octanol–water partition coefficient (Wildman–Crippen LogP) is -0.262. The molecular formula is C13H18N6O3. The minimum Gasteiger partial charge on any atom is -0.306 e. The van der Waals surface area contributed by atoms with Gasteiger partial charge in [-0.3, -0.25) is 18.7 Å². The van der Waals surface area contributed by atoms with Gasteiger partial charge in [-0.1, -0.05) is 0 Å². The number of nitrogens with one attached hydrogen (secondary N) is 1. The second kappa shape index (κ2) is 5.58. The Bertz CT molecular complexity index is 899. The van der Waals surface area contributed by atoms with Gasteiger partial charge in [0.25, 0.3) is 5.56 Å². The van der Waals surface area contributed by atoms with Gasteiger partial charge in [-0.2, -0.15) is 10.1 Å². The molecule has 0 saturated heterocycles. The number of Topliss-reactive ketones (excluding diaryl/α,β-unsaturated/α-hetero) is 1. The second-order valence-electron chi connectivity index (χ2n) is 5.21. The van der Waals surface area contributed by atoms with Gasteiger partial charge in [0.15, 0.2) is 11.2 Å². The highest BCUT2D eigenvalue weighted by Gasteiger charge is 2.16. The Balaban J connectivity index is 2.55. The molecule has 0 atom stereocenters. The SMILES string of the molecule is CC(=O)C/C(C)=N/Nc1nc2c(c(=O)n(C)c(=O)n2C)n1C. The van der Waals surface area contributed by atoms with Crippen LogP contribution in [0.1, 0.15) is 20.3 Å². The second-order valence-corrected chi connectivity index (χ2v) is 5.21. The number of aromatic nitrogens is 4. The van der Waals surface area contributed by atoms with Crippen molar-refractivity contribution in [1.82, 2.24) is 18.7 Å². The standard InChI is InChI=1S/C13H18N6O3/c1-7(6-8(2)20)15-16-12-14-10-9(17(12)3)11(21)19(5)13(22)18(10)4/h6H2,1-5H3,(H,14,16)/b15-7+. The zero-order valence-corrected chi connectivity index (χ0v) is 13.2. The number of rotatable bonds is 4. The average Bonchev–Trinajstić information content (AvgIpc) is 2.77. The number of carbonyl (C=O) groups is 1. The third-order valence-corrected chi connectivity index (χ3v) is 3.33. The normalized spacial score (nSPS) is 12.0. The van der Waals surface area contributed by atoms with Crippen LogP contribution in [-0.2, 0) is 25.9 Å². The van der Waals surface area contributed by atoms with Gasteiger partial charge in [-0.25, -0.2) is 10.2 Å². The number of ketones is 1. The van der Waals surface area contributed by atoms with Crippen molar-refractivity contribution in [2.75, 3.05) is 5.43 Å². The molecule has 0 amide bonds. The van der Waals surface area contributed by atoms with Crippen LogP contribution >= 0.6 is 0 Å². The number of nitrogens with zero attached hydrogens (tertiary/aromatic N) is 5. The smallest absolute Gasteiger partial charge is 0.306 e. The fourth-order valence-corrected chi connectivity index (χ4v) is 2.16. The molecule has 0 unspecified atom stereocenters. The van der Waals surface area contributed by atoms with Crippen molar-refractivity contribution in [2.24, 2.45) is 26.2 Å². The lowest BCUT2D eigenvalue weighted by Gasteiger charge is -2.03. The molecule has 2 aromatic rings. The topological polar surface area (TPSA) is 103 Å². The van der Waals surface area contributed by atoms with E-state index in [2.05, 4.69) is 15.5 Å². The molecule has 22 heavy (non-hydrogen) atoms. The molecule has 2 heterocycles. The van der Waals surface area contributed by atoms with Gasteiger partial charge in [-0.15, -0.1) is 0 Å². The fraction of sp³-hybridized carbons (Fsp3) is 0.462. The molecule has 0 aliphatic heterocycles. The summed E-state index contributed by atoms with van der Waals surface area (Å²) < 4.78 is 3.85.